The second-order valence-corrected chi connectivity index (χ2v) is 10.6. The Hall–Kier alpha value is -3.50. The van der Waals surface area contributed by atoms with Crippen LogP contribution in [0.15, 0.2) is 51.7 Å². The molecule has 0 aliphatic heterocycles. The molecule has 0 saturated heterocycles. The molecule has 3 rings (SSSR count). The highest BCUT2D eigenvalue weighted by Crippen LogP contribution is 2.30. The number of amides is 2. The first-order valence-corrected chi connectivity index (χ1v) is 13.4. The lowest BCUT2D eigenvalue weighted by Gasteiger charge is -2.23. The van der Waals surface area contributed by atoms with Gasteiger partial charge in [0.1, 0.15) is 23.4 Å². The molecule has 38 heavy (non-hydrogen) atoms. The van der Waals surface area contributed by atoms with E-state index < -0.39 is 35.5 Å². The number of nitrogens with one attached hydrogen (secondary N) is 2. The Morgan fingerprint density at radius 1 is 1.11 bits per heavy atom. The summed E-state index contributed by atoms with van der Waals surface area (Å²) in [4.78, 5) is 50.3. The number of benzene rings is 2. The van der Waals surface area contributed by atoms with Gasteiger partial charge in [-0.25, -0.2) is 9.59 Å². The average Bonchev–Trinajstić information content (AvgIpc) is 2.86. The van der Waals surface area contributed by atoms with Crippen molar-refractivity contribution in [1.82, 2.24) is 10.6 Å². The maximum Gasteiger partial charge on any atom is 0.340 e. The largest absolute Gasteiger partial charge is 0.506 e. The van der Waals surface area contributed by atoms with E-state index in [1.807, 2.05) is 30.3 Å². The Morgan fingerprint density at radius 3 is 2.42 bits per heavy atom. The fourth-order valence-electron chi connectivity index (χ4n) is 3.83. The number of carboxylic acids is 1. The first-order valence-electron chi connectivity index (χ1n) is 11.9. The number of carboxylic acid groups (broad SMARTS) is 1. The molecule has 1 heterocycles. The van der Waals surface area contributed by atoms with E-state index in [4.69, 9.17) is 16.0 Å². The number of rotatable bonds is 11. The van der Waals surface area contributed by atoms with Crippen LogP contribution in [-0.2, 0) is 26.6 Å². The minimum atomic E-state index is -1.18. The van der Waals surface area contributed by atoms with Crippen LogP contribution in [0.2, 0.25) is 5.02 Å². The zero-order valence-corrected chi connectivity index (χ0v) is 22.7. The average molecular weight is 561 g/mol. The summed E-state index contributed by atoms with van der Waals surface area (Å²) in [5, 5.41) is 25.0. The van der Waals surface area contributed by atoms with Gasteiger partial charge in [-0.2, -0.15) is 11.8 Å². The van der Waals surface area contributed by atoms with Crippen LogP contribution in [0.4, 0.5) is 0 Å². The molecule has 0 spiro atoms. The number of thioether (sulfide) groups is 1. The zero-order valence-electron chi connectivity index (χ0n) is 21.1. The van der Waals surface area contributed by atoms with Crippen LogP contribution in [-0.4, -0.2) is 45.8 Å². The molecule has 0 bridgehead atoms. The molecule has 0 radical (unpaired) electrons. The van der Waals surface area contributed by atoms with Crippen molar-refractivity contribution in [2.45, 2.75) is 45.0 Å². The van der Waals surface area contributed by atoms with E-state index in [-0.39, 0.29) is 40.0 Å². The number of aliphatic carboxylic acids is 1. The number of hydrogen-bond acceptors (Lipinski definition) is 7. The van der Waals surface area contributed by atoms with Gasteiger partial charge in [0.2, 0.25) is 11.8 Å². The summed E-state index contributed by atoms with van der Waals surface area (Å²) in [7, 11) is 0. The van der Waals surface area contributed by atoms with Crippen LogP contribution in [0.25, 0.3) is 11.0 Å². The second kappa shape index (κ2) is 12.8. The van der Waals surface area contributed by atoms with Crippen LogP contribution in [0, 0.1) is 12.8 Å². The molecule has 3 aromatic rings. The highest BCUT2D eigenvalue weighted by Gasteiger charge is 2.29. The molecule has 2 atom stereocenters. The number of aromatic hydroxyl groups is 1. The molecule has 1 aromatic heterocycles. The summed E-state index contributed by atoms with van der Waals surface area (Å²) < 4.78 is 5.28. The van der Waals surface area contributed by atoms with Crippen LogP contribution >= 0.6 is 23.4 Å². The fraction of sp³-hybridized carbons (Fsp3) is 0.333. The molecule has 0 fully saturated rings. The quantitative estimate of drug-likeness (QED) is 0.260. The number of carbonyl (C=O) groups is 3. The monoisotopic (exact) mass is 560 g/mol. The summed E-state index contributed by atoms with van der Waals surface area (Å²) in [5.41, 5.74) is 0.943. The summed E-state index contributed by atoms with van der Waals surface area (Å²) in [5.74, 6) is -2.28. The molecule has 11 heteroatoms. The molecule has 0 aliphatic carbocycles. The van der Waals surface area contributed by atoms with Gasteiger partial charge in [-0.15, -0.1) is 0 Å². The number of phenolic OH excluding ortho intramolecular Hbond substituents is 1. The topological polar surface area (TPSA) is 146 Å². The molecule has 0 saturated carbocycles. The maximum absolute atomic E-state index is 13.0. The Bertz CT molecular complexity index is 1390. The number of halogens is 1. The summed E-state index contributed by atoms with van der Waals surface area (Å²) in [6, 6.07) is 10.1. The van der Waals surface area contributed by atoms with Gasteiger partial charge in [0.25, 0.3) is 0 Å². The third kappa shape index (κ3) is 7.29. The SMILES string of the molecule is Cc1c(CC(=O)NC(CSCc2ccccc2)C(=O)NC(C(=O)O)C(C)C)c(=O)oc2cc(O)c(Cl)cc12. The summed E-state index contributed by atoms with van der Waals surface area (Å²) in [6.07, 6.45) is -0.373. The van der Waals surface area contributed by atoms with Gasteiger partial charge in [-0.3, -0.25) is 9.59 Å². The predicted molar refractivity (Wildman–Crippen MR) is 147 cm³/mol. The van der Waals surface area contributed by atoms with Gasteiger partial charge in [0, 0.05) is 23.0 Å². The van der Waals surface area contributed by atoms with Crippen molar-refractivity contribution in [3.63, 3.8) is 0 Å². The lowest BCUT2D eigenvalue weighted by molar-refractivity contribution is -0.143. The number of hydrogen-bond donors (Lipinski definition) is 4. The van der Waals surface area contributed by atoms with Crippen molar-refractivity contribution in [3.05, 3.63) is 74.6 Å². The second-order valence-electron chi connectivity index (χ2n) is 9.16. The molecule has 0 aliphatic rings. The molecular weight excluding hydrogens is 532 g/mol. The number of fused-ring (bicyclic) bond motifs is 1. The Morgan fingerprint density at radius 2 is 1.79 bits per heavy atom. The van der Waals surface area contributed by atoms with E-state index in [0.29, 0.717) is 16.7 Å². The molecule has 2 aromatic carbocycles. The van der Waals surface area contributed by atoms with Gasteiger partial charge < -0.3 is 25.3 Å². The van der Waals surface area contributed by atoms with Gasteiger partial charge in [0.15, 0.2) is 0 Å². The van der Waals surface area contributed by atoms with E-state index in [1.165, 1.54) is 23.9 Å². The van der Waals surface area contributed by atoms with E-state index in [1.54, 1.807) is 20.8 Å². The molecule has 9 nitrogen and oxygen atoms in total. The van der Waals surface area contributed by atoms with Crippen LogP contribution < -0.4 is 16.3 Å². The first kappa shape index (κ1) is 29.1. The molecule has 2 unspecified atom stereocenters. The van der Waals surface area contributed by atoms with Crippen molar-refractivity contribution >= 4 is 52.1 Å². The minimum Gasteiger partial charge on any atom is -0.506 e. The van der Waals surface area contributed by atoms with Crippen molar-refractivity contribution in [2.24, 2.45) is 5.92 Å². The Kier molecular flexibility index (Phi) is 9.82. The smallest absolute Gasteiger partial charge is 0.340 e. The van der Waals surface area contributed by atoms with E-state index in [2.05, 4.69) is 10.6 Å². The predicted octanol–water partition coefficient (Wildman–Crippen LogP) is 3.65. The highest BCUT2D eigenvalue weighted by molar-refractivity contribution is 7.98. The van der Waals surface area contributed by atoms with Crippen LogP contribution in [0.5, 0.6) is 5.75 Å². The van der Waals surface area contributed by atoms with Crippen molar-refractivity contribution in [2.75, 3.05) is 5.75 Å². The first-order chi connectivity index (χ1) is 18.0. The zero-order chi connectivity index (χ0) is 28.0. The lowest BCUT2D eigenvalue weighted by Crippen LogP contribution is -2.54. The van der Waals surface area contributed by atoms with Crippen molar-refractivity contribution < 1.29 is 29.0 Å². The van der Waals surface area contributed by atoms with Gasteiger partial charge in [-0.1, -0.05) is 55.8 Å². The number of phenols is 1. The van der Waals surface area contributed by atoms with E-state index in [9.17, 15) is 29.4 Å². The molecule has 202 valence electrons. The molecular formula is C27H29ClN2O7S. The Balaban J connectivity index is 1.80. The van der Waals surface area contributed by atoms with Gasteiger partial charge in [-0.05, 0) is 30.0 Å². The third-order valence-corrected chi connectivity index (χ3v) is 7.38. The summed E-state index contributed by atoms with van der Waals surface area (Å²) in [6.45, 7) is 4.98. The third-order valence-electron chi connectivity index (χ3n) is 5.97. The van der Waals surface area contributed by atoms with Crippen LogP contribution in [0.3, 0.4) is 0 Å². The maximum atomic E-state index is 13.0. The summed E-state index contributed by atoms with van der Waals surface area (Å²) >= 11 is 7.41. The fourth-order valence-corrected chi connectivity index (χ4v) is 5.01. The molecule has 2 amide bonds. The number of aryl methyl sites for hydroxylation is 1. The van der Waals surface area contributed by atoms with E-state index >= 15 is 0 Å². The molecule has 4 N–H and O–H groups in total. The van der Waals surface area contributed by atoms with Gasteiger partial charge in [0.05, 0.1) is 17.0 Å². The number of carbonyl (C=O) groups excluding carboxylic acids is 2. The normalized spacial score (nSPS) is 12.8. The van der Waals surface area contributed by atoms with Crippen molar-refractivity contribution in [3.8, 4) is 5.75 Å². The van der Waals surface area contributed by atoms with Crippen LogP contribution in [0.1, 0.15) is 30.5 Å². The minimum absolute atomic E-state index is 0.0650. The Labute approximate surface area is 228 Å². The van der Waals surface area contributed by atoms with Gasteiger partial charge >= 0.3 is 11.6 Å². The van der Waals surface area contributed by atoms with E-state index in [0.717, 1.165) is 5.56 Å². The lowest BCUT2D eigenvalue weighted by atomic mass is 10.0. The van der Waals surface area contributed by atoms with Crippen molar-refractivity contribution in [1.29, 1.82) is 0 Å². The highest BCUT2D eigenvalue weighted by atomic mass is 35.5. The standard InChI is InChI=1S/C27H29ClN2O7S/c1-14(2)24(26(34)35)30-25(33)20(13-38-12-16-7-5-4-6-8-16)29-23(32)10-18-15(3)17-9-19(28)21(31)11-22(17)37-27(18)36/h4-9,11,14,20,24,31H,10,12-13H2,1-3H3,(H,29,32)(H,30,33)(H,34,35).